The summed E-state index contributed by atoms with van der Waals surface area (Å²) in [7, 11) is 0. The van der Waals surface area contributed by atoms with Crippen molar-refractivity contribution in [1.82, 2.24) is 24.5 Å². The molecule has 1 N–H and O–H groups in total. The van der Waals surface area contributed by atoms with Crippen molar-refractivity contribution in [3.63, 3.8) is 0 Å². The van der Waals surface area contributed by atoms with Crippen molar-refractivity contribution in [2.24, 2.45) is 0 Å². The maximum absolute atomic E-state index is 12.2. The van der Waals surface area contributed by atoms with Crippen LogP contribution < -0.4 is 5.32 Å². The SMILES string of the molecule is CC(=O)N1CCN(CCNC(=O)c2cn3ccc(C)cc3n2)CC1. The Balaban J connectivity index is 1.48. The van der Waals surface area contributed by atoms with Crippen LogP contribution in [0.3, 0.4) is 0 Å². The van der Waals surface area contributed by atoms with Crippen LogP contribution in [0.4, 0.5) is 0 Å². The summed E-state index contributed by atoms with van der Waals surface area (Å²) in [5.41, 5.74) is 2.33. The van der Waals surface area contributed by atoms with Gasteiger partial charge in [-0.1, -0.05) is 0 Å². The smallest absolute Gasteiger partial charge is 0.271 e. The third-order valence-corrected chi connectivity index (χ3v) is 4.38. The second-order valence-electron chi connectivity index (χ2n) is 6.20. The number of nitrogens with one attached hydrogen (secondary N) is 1. The van der Waals surface area contributed by atoms with E-state index in [1.165, 1.54) is 0 Å². The van der Waals surface area contributed by atoms with Crippen molar-refractivity contribution >= 4 is 17.5 Å². The zero-order valence-electron chi connectivity index (χ0n) is 14.2. The molecule has 3 rings (SSSR count). The zero-order chi connectivity index (χ0) is 17.1. The van der Waals surface area contributed by atoms with Crippen LogP contribution >= 0.6 is 0 Å². The molecule has 0 bridgehead atoms. The molecule has 7 nitrogen and oxygen atoms in total. The molecule has 3 heterocycles. The summed E-state index contributed by atoms with van der Waals surface area (Å²) < 4.78 is 1.85. The predicted octanol–water partition coefficient (Wildman–Crippen LogP) is 0.537. The van der Waals surface area contributed by atoms with Crippen molar-refractivity contribution in [2.75, 3.05) is 39.3 Å². The Kier molecular flexibility index (Phi) is 4.80. The highest BCUT2D eigenvalue weighted by Gasteiger charge is 2.18. The molecule has 0 spiro atoms. The van der Waals surface area contributed by atoms with Gasteiger partial charge in [0.15, 0.2) is 0 Å². The highest BCUT2D eigenvalue weighted by molar-refractivity contribution is 5.92. The van der Waals surface area contributed by atoms with Gasteiger partial charge in [0.25, 0.3) is 5.91 Å². The molecule has 0 unspecified atom stereocenters. The van der Waals surface area contributed by atoms with Crippen molar-refractivity contribution in [2.45, 2.75) is 13.8 Å². The number of hydrogen-bond donors (Lipinski definition) is 1. The molecule has 0 saturated carbocycles. The maximum Gasteiger partial charge on any atom is 0.271 e. The summed E-state index contributed by atoms with van der Waals surface area (Å²) >= 11 is 0. The normalized spacial score (nSPS) is 15.7. The summed E-state index contributed by atoms with van der Waals surface area (Å²) in [6.07, 6.45) is 3.65. The van der Waals surface area contributed by atoms with E-state index in [4.69, 9.17) is 0 Å². The van der Waals surface area contributed by atoms with Gasteiger partial charge in [0.2, 0.25) is 5.91 Å². The van der Waals surface area contributed by atoms with E-state index in [1.54, 1.807) is 13.1 Å². The molecule has 2 amide bonds. The summed E-state index contributed by atoms with van der Waals surface area (Å²) in [5, 5.41) is 2.92. The van der Waals surface area contributed by atoms with E-state index in [1.807, 2.05) is 34.6 Å². The van der Waals surface area contributed by atoms with Crippen molar-refractivity contribution in [3.8, 4) is 0 Å². The van der Waals surface area contributed by atoms with Crippen LogP contribution in [0.2, 0.25) is 0 Å². The number of pyridine rings is 1. The molecule has 0 atom stereocenters. The Morgan fingerprint density at radius 3 is 2.71 bits per heavy atom. The molecule has 1 aliphatic rings. The Hall–Kier alpha value is -2.41. The molecule has 1 fully saturated rings. The highest BCUT2D eigenvalue weighted by atomic mass is 16.2. The number of hydrogen-bond acceptors (Lipinski definition) is 4. The molecule has 1 aliphatic heterocycles. The lowest BCUT2D eigenvalue weighted by Crippen LogP contribution is -2.49. The Morgan fingerprint density at radius 1 is 1.25 bits per heavy atom. The second kappa shape index (κ2) is 7.00. The van der Waals surface area contributed by atoms with Crippen LogP contribution in [0.1, 0.15) is 23.0 Å². The van der Waals surface area contributed by atoms with E-state index >= 15 is 0 Å². The molecular weight excluding hydrogens is 306 g/mol. The fourth-order valence-electron chi connectivity index (χ4n) is 2.90. The topological polar surface area (TPSA) is 70.0 Å². The largest absolute Gasteiger partial charge is 0.349 e. The summed E-state index contributed by atoms with van der Waals surface area (Å²) in [6, 6.07) is 3.93. The summed E-state index contributed by atoms with van der Waals surface area (Å²) in [6.45, 7) is 8.18. The Morgan fingerprint density at radius 2 is 2.00 bits per heavy atom. The number of piperazine rings is 1. The fraction of sp³-hybridized carbons (Fsp3) is 0.471. The number of rotatable bonds is 4. The van der Waals surface area contributed by atoms with Crippen LogP contribution in [0.15, 0.2) is 24.5 Å². The van der Waals surface area contributed by atoms with Crippen LogP contribution in [0.25, 0.3) is 5.65 Å². The van der Waals surface area contributed by atoms with Crippen molar-refractivity contribution < 1.29 is 9.59 Å². The minimum atomic E-state index is -0.154. The Bertz CT molecular complexity index is 747. The predicted molar refractivity (Wildman–Crippen MR) is 91.0 cm³/mol. The lowest BCUT2D eigenvalue weighted by molar-refractivity contribution is -0.130. The average Bonchev–Trinajstić information content (AvgIpc) is 2.98. The molecule has 0 aliphatic carbocycles. The van der Waals surface area contributed by atoms with Gasteiger partial charge < -0.3 is 14.6 Å². The molecular formula is C17H23N5O2. The van der Waals surface area contributed by atoms with Crippen molar-refractivity contribution in [1.29, 1.82) is 0 Å². The van der Waals surface area contributed by atoms with E-state index < -0.39 is 0 Å². The van der Waals surface area contributed by atoms with E-state index in [0.29, 0.717) is 12.2 Å². The first kappa shape index (κ1) is 16.4. The van der Waals surface area contributed by atoms with E-state index in [0.717, 1.165) is 43.9 Å². The lowest BCUT2D eigenvalue weighted by Gasteiger charge is -2.34. The number of amides is 2. The van der Waals surface area contributed by atoms with Crippen molar-refractivity contribution in [3.05, 3.63) is 35.8 Å². The third kappa shape index (κ3) is 3.73. The number of carbonyl (C=O) groups is 2. The molecule has 2 aromatic rings. The van der Waals surface area contributed by atoms with Gasteiger partial charge in [-0.2, -0.15) is 0 Å². The van der Waals surface area contributed by atoms with Crippen LogP contribution in [0, 0.1) is 6.92 Å². The third-order valence-electron chi connectivity index (χ3n) is 4.38. The quantitative estimate of drug-likeness (QED) is 0.889. The van der Waals surface area contributed by atoms with Gasteiger partial charge in [0.1, 0.15) is 11.3 Å². The minimum Gasteiger partial charge on any atom is -0.349 e. The van der Waals surface area contributed by atoms with Gasteiger partial charge in [-0.05, 0) is 24.6 Å². The molecule has 2 aromatic heterocycles. The minimum absolute atomic E-state index is 0.130. The van der Waals surface area contributed by atoms with E-state index in [-0.39, 0.29) is 11.8 Å². The molecule has 0 radical (unpaired) electrons. The first-order valence-corrected chi connectivity index (χ1v) is 8.24. The lowest BCUT2D eigenvalue weighted by atomic mass is 10.3. The maximum atomic E-state index is 12.2. The number of aryl methyl sites for hydroxylation is 1. The molecule has 1 saturated heterocycles. The van der Waals surface area contributed by atoms with Gasteiger partial charge >= 0.3 is 0 Å². The first-order valence-electron chi connectivity index (χ1n) is 8.24. The molecule has 7 heteroatoms. The number of imidazole rings is 1. The number of fused-ring (bicyclic) bond motifs is 1. The van der Waals surface area contributed by atoms with Crippen LogP contribution in [0.5, 0.6) is 0 Å². The summed E-state index contributed by atoms with van der Waals surface area (Å²) in [5.74, 6) is -0.0243. The number of nitrogens with zero attached hydrogens (tertiary/aromatic N) is 4. The zero-order valence-corrected chi connectivity index (χ0v) is 14.2. The first-order chi connectivity index (χ1) is 11.5. The van der Waals surface area contributed by atoms with Gasteiger partial charge in [-0.25, -0.2) is 4.98 Å². The molecule has 128 valence electrons. The number of aromatic nitrogens is 2. The summed E-state index contributed by atoms with van der Waals surface area (Å²) in [4.78, 5) is 32.0. The van der Waals surface area contributed by atoms with E-state index in [9.17, 15) is 9.59 Å². The fourth-order valence-corrected chi connectivity index (χ4v) is 2.90. The average molecular weight is 329 g/mol. The Labute approximate surface area is 141 Å². The van der Waals surface area contributed by atoms with Crippen LogP contribution in [-0.4, -0.2) is 70.3 Å². The van der Waals surface area contributed by atoms with Gasteiger partial charge in [0.05, 0.1) is 0 Å². The van der Waals surface area contributed by atoms with Gasteiger partial charge in [-0.15, -0.1) is 0 Å². The monoisotopic (exact) mass is 329 g/mol. The molecule has 24 heavy (non-hydrogen) atoms. The number of carbonyl (C=O) groups excluding carboxylic acids is 2. The highest BCUT2D eigenvalue weighted by Crippen LogP contribution is 2.07. The van der Waals surface area contributed by atoms with Gasteiger partial charge in [-0.3, -0.25) is 14.5 Å². The van der Waals surface area contributed by atoms with Crippen LogP contribution in [-0.2, 0) is 4.79 Å². The molecule has 0 aromatic carbocycles. The van der Waals surface area contributed by atoms with E-state index in [2.05, 4.69) is 15.2 Å². The van der Waals surface area contributed by atoms with Gasteiger partial charge in [0, 0.05) is 58.6 Å². The second-order valence-corrected chi connectivity index (χ2v) is 6.20. The standard InChI is InChI=1S/C17H23N5O2/c1-13-3-5-22-12-15(19-16(22)11-13)17(24)18-4-6-20-7-9-21(10-8-20)14(2)23/h3,5,11-12H,4,6-10H2,1-2H3,(H,18,24).